The van der Waals surface area contributed by atoms with E-state index < -0.39 is 0 Å². The highest BCUT2D eigenvalue weighted by Crippen LogP contribution is 2.57. The van der Waals surface area contributed by atoms with Crippen molar-refractivity contribution >= 4 is 9.24 Å². The Kier molecular flexibility index (Phi) is 12.9. The van der Waals surface area contributed by atoms with Crippen molar-refractivity contribution in [2.45, 2.75) is 161 Å². The highest BCUT2D eigenvalue weighted by molar-refractivity contribution is 7.16. The maximum atomic E-state index is 2.98. The summed E-state index contributed by atoms with van der Waals surface area (Å²) in [5, 5.41) is 0. The lowest BCUT2D eigenvalue weighted by molar-refractivity contribution is -0.0456. The highest BCUT2D eigenvalue weighted by Gasteiger charge is 2.48. The lowest BCUT2D eigenvalue weighted by Gasteiger charge is -2.54. The van der Waals surface area contributed by atoms with Crippen molar-refractivity contribution in [3.05, 3.63) is 0 Å². The first-order chi connectivity index (χ1) is 15.4. The molecule has 3 aliphatic rings. The SMILES string of the molecule is PCCCCCC(C1CCCCCCC1)(C1CCCCCCC1)C1CCCCCCC1. The van der Waals surface area contributed by atoms with Crippen LogP contribution in [0.2, 0.25) is 0 Å². The topological polar surface area (TPSA) is 0 Å². The van der Waals surface area contributed by atoms with Gasteiger partial charge in [0.05, 0.1) is 0 Å². The third-order valence-electron chi connectivity index (χ3n) is 9.91. The van der Waals surface area contributed by atoms with Gasteiger partial charge in [-0.15, -0.1) is 9.24 Å². The lowest BCUT2D eigenvalue weighted by atomic mass is 9.51. The summed E-state index contributed by atoms with van der Waals surface area (Å²) >= 11 is 0. The molecule has 0 aliphatic heterocycles. The predicted molar refractivity (Wildman–Crippen MR) is 143 cm³/mol. The van der Waals surface area contributed by atoms with E-state index in [4.69, 9.17) is 0 Å². The first kappa shape index (κ1) is 26.0. The van der Waals surface area contributed by atoms with Gasteiger partial charge in [0.1, 0.15) is 0 Å². The molecule has 1 unspecified atom stereocenters. The molecule has 3 rings (SSSR count). The van der Waals surface area contributed by atoms with Crippen LogP contribution in [0.3, 0.4) is 0 Å². The van der Waals surface area contributed by atoms with Gasteiger partial charge < -0.3 is 0 Å². The van der Waals surface area contributed by atoms with Crippen molar-refractivity contribution in [2.24, 2.45) is 23.2 Å². The Morgan fingerprint density at radius 1 is 0.419 bits per heavy atom. The summed E-state index contributed by atoms with van der Waals surface area (Å²) in [5.41, 5.74) is 0.701. The van der Waals surface area contributed by atoms with E-state index in [1.165, 1.54) is 122 Å². The number of unbranched alkanes of at least 4 members (excludes halogenated alkanes) is 2. The standard InChI is InChI=1S/C30H57P/c31-26-18-10-17-25-30(27-19-11-4-1-5-12-20-27,28-21-13-6-2-7-14-22-28)29-23-15-8-3-9-16-24-29/h27-29H,1-26,31H2. The molecular weight excluding hydrogens is 391 g/mol. The van der Waals surface area contributed by atoms with E-state index in [1.807, 2.05) is 0 Å². The Morgan fingerprint density at radius 2 is 0.742 bits per heavy atom. The molecular formula is C30H57P. The smallest absolute Gasteiger partial charge is 0.0213 e. The fraction of sp³-hybridized carbons (Fsp3) is 1.00. The number of rotatable bonds is 8. The molecule has 3 fully saturated rings. The minimum absolute atomic E-state index is 0.701. The molecule has 0 aromatic rings. The molecule has 0 radical (unpaired) electrons. The van der Waals surface area contributed by atoms with Gasteiger partial charge >= 0.3 is 0 Å². The van der Waals surface area contributed by atoms with E-state index in [-0.39, 0.29) is 0 Å². The molecule has 0 amide bonds. The zero-order valence-electron chi connectivity index (χ0n) is 21.2. The van der Waals surface area contributed by atoms with E-state index in [0.717, 1.165) is 17.8 Å². The van der Waals surface area contributed by atoms with Gasteiger partial charge in [0, 0.05) is 0 Å². The molecule has 0 nitrogen and oxygen atoms in total. The lowest BCUT2D eigenvalue weighted by Crippen LogP contribution is -2.45. The van der Waals surface area contributed by atoms with Crippen molar-refractivity contribution in [3.8, 4) is 0 Å². The van der Waals surface area contributed by atoms with Gasteiger partial charge in [-0.2, -0.15) is 0 Å². The maximum absolute atomic E-state index is 2.98. The average Bonchev–Trinajstić information content (AvgIpc) is 2.69. The second-order valence-electron chi connectivity index (χ2n) is 11.8. The Hall–Kier alpha value is 0.430. The zero-order valence-corrected chi connectivity index (χ0v) is 22.3. The molecule has 3 saturated carbocycles. The molecule has 0 saturated heterocycles. The molecule has 0 bridgehead atoms. The van der Waals surface area contributed by atoms with Crippen molar-refractivity contribution in [1.82, 2.24) is 0 Å². The van der Waals surface area contributed by atoms with Gasteiger partial charge in [0.25, 0.3) is 0 Å². The first-order valence-corrected chi connectivity index (χ1v) is 15.9. The molecule has 1 heteroatoms. The summed E-state index contributed by atoms with van der Waals surface area (Å²) in [5.74, 6) is 3.16. The fourth-order valence-electron chi connectivity index (χ4n) is 8.35. The Labute approximate surface area is 199 Å². The van der Waals surface area contributed by atoms with Gasteiger partial charge in [0.2, 0.25) is 0 Å². The average molecular weight is 449 g/mol. The van der Waals surface area contributed by atoms with E-state index in [1.54, 1.807) is 44.9 Å². The predicted octanol–water partition coefficient (Wildman–Crippen LogP) is 10.5. The summed E-state index contributed by atoms with van der Waals surface area (Å²) in [6.45, 7) is 0. The van der Waals surface area contributed by atoms with Crippen molar-refractivity contribution in [2.75, 3.05) is 6.16 Å². The van der Waals surface area contributed by atoms with E-state index in [9.17, 15) is 0 Å². The summed E-state index contributed by atoms with van der Waals surface area (Å²) in [6, 6.07) is 0. The normalized spacial score (nSPS) is 25.1. The molecule has 3 aliphatic carbocycles. The maximum Gasteiger partial charge on any atom is -0.0213 e. The van der Waals surface area contributed by atoms with Crippen LogP contribution in [0.25, 0.3) is 0 Å². The molecule has 31 heavy (non-hydrogen) atoms. The molecule has 0 N–H and O–H groups in total. The molecule has 1 atom stereocenters. The summed E-state index contributed by atoms with van der Waals surface area (Å²) in [4.78, 5) is 0. The molecule has 182 valence electrons. The van der Waals surface area contributed by atoms with Gasteiger partial charge in [-0.3, -0.25) is 0 Å². The Morgan fingerprint density at radius 3 is 1.06 bits per heavy atom. The molecule has 0 aromatic carbocycles. The minimum Gasteiger partial charge on any atom is -0.138 e. The molecule has 0 aromatic heterocycles. The minimum atomic E-state index is 0.701. The van der Waals surface area contributed by atoms with Gasteiger partial charge in [-0.25, -0.2) is 0 Å². The van der Waals surface area contributed by atoms with Crippen LogP contribution in [0.4, 0.5) is 0 Å². The quantitative estimate of drug-likeness (QED) is 0.256. The summed E-state index contributed by atoms with van der Waals surface area (Å²) in [6.07, 6.45) is 39.7. The van der Waals surface area contributed by atoms with Crippen LogP contribution in [-0.2, 0) is 0 Å². The van der Waals surface area contributed by atoms with Crippen LogP contribution in [0.1, 0.15) is 161 Å². The second-order valence-corrected chi connectivity index (χ2v) is 12.4. The van der Waals surface area contributed by atoms with Crippen molar-refractivity contribution in [3.63, 3.8) is 0 Å². The van der Waals surface area contributed by atoms with Crippen LogP contribution in [0.15, 0.2) is 0 Å². The first-order valence-electron chi connectivity index (χ1n) is 15.1. The van der Waals surface area contributed by atoms with Crippen LogP contribution in [0.5, 0.6) is 0 Å². The number of hydrogen-bond donors (Lipinski definition) is 0. The Bertz CT molecular complexity index is 365. The Balaban J connectivity index is 1.91. The largest absolute Gasteiger partial charge is 0.138 e. The summed E-state index contributed by atoms with van der Waals surface area (Å²) in [7, 11) is 2.98. The van der Waals surface area contributed by atoms with Crippen molar-refractivity contribution in [1.29, 1.82) is 0 Å². The van der Waals surface area contributed by atoms with Gasteiger partial charge in [-0.05, 0) is 80.7 Å². The van der Waals surface area contributed by atoms with E-state index in [2.05, 4.69) is 9.24 Å². The van der Waals surface area contributed by atoms with Crippen LogP contribution in [-0.4, -0.2) is 6.16 Å². The van der Waals surface area contributed by atoms with Gasteiger partial charge in [-0.1, -0.05) is 109 Å². The second kappa shape index (κ2) is 15.4. The third-order valence-corrected chi connectivity index (χ3v) is 10.3. The zero-order chi connectivity index (χ0) is 21.6. The summed E-state index contributed by atoms with van der Waals surface area (Å²) < 4.78 is 0. The molecule has 0 heterocycles. The van der Waals surface area contributed by atoms with Crippen LogP contribution >= 0.6 is 9.24 Å². The molecule has 0 spiro atoms. The van der Waals surface area contributed by atoms with E-state index in [0.29, 0.717) is 5.41 Å². The monoisotopic (exact) mass is 448 g/mol. The number of hydrogen-bond acceptors (Lipinski definition) is 0. The highest BCUT2D eigenvalue weighted by atomic mass is 31.0. The van der Waals surface area contributed by atoms with E-state index >= 15 is 0 Å². The third kappa shape index (κ3) is 8.01. The van der Waals surface area contributed by atoms with Crippen LogP contribution in [0, 0.1) is 23.2 Å². The van der Waals surface area contributed by atoms with Crippen molar-refractivity contribution < 1.29 is 0 Å². The van der Waals surface area contributed by atoms with Gasteiger partial charge in [0.15, 0.2) is 0 Å². The van der Waals surface area contributed by atoms with Crippen LogP contribution < -0.4 is 0 Å². The fourth-order valence-corrected chi connectivity index (χ4v) is 8.63.